The highest BCUT2D eigenvalue weighted by Crippen LogP contribution is 2.30. The molecule has 1 aromatic carbocycles. The fourth-order valence-corrected chi connectivity index (χ4v) is 3.78. The highest BCUT2D eigenvalue weighted by molar-refractivity contribution is 5.57. The quantitative estimate of drug-likeness (QED) is 0.695. The molecule has 7 heteroatoms. The standard InChI is InChI=1S/C22H24N4O3/c1-28-18-5-6-20(29-2)17(10-18)14-26-9-7-16(13-26)22-24-19(11-21(27)25-22)15-4-3-8-23-12-15/h3-6,8,10-12,16H,7,9,13-14H2,1-2H3,(H,24,25,27)/t16-/m0/s1. The SMILES string of the molecule is COc1ccc(OC)c(CN2CC[C@H](c3nc(-c4cccnc4)cc(=O)[nH]3)C2)c1. The van der Waals surface area contributed by atoms with Crippen molar-refractivity contribution < 1.29 is 9.47 Å². The van der Waals surface area contributed by atoms with Crippen LogP contribution in [0.2, 0.25) is 0 Å². The van der Waals surface area contributed by atoms with Gasteiger partial charge in [0.15, 0.2) is 0 Å². The second-order valence-corrected chi connectivity index (χ2v) is 7.16. The molecular weight excluding hydrogens is 368 g/mol. The second-order valence-electron chi connectivity index (χ2n) is 7.16. The molecule has 1 saturated heterocycles. The van der Waals surface area contributed by atoms with Crippen LogP contribution in [-0.4, -0.2) is 47.2 Å². The molecule has 0 bridgehead atoms. The average molecular weight is 392 g/mol. The zero-order valence-electron chi connectivity index (χ0n) is 16.6. The largest absolute Gasteiger partial charge is 0.497 e. The van der Waals surface area contributed by atoms with Crippen LogP contribution in [0.25, 0.3) is 11.3 Å². The van der Waals surface area contributed by atoms with Crippen LogP contribution < -0.4 is 15.0 Å². The van der Waals surface area contributed by atoms with Crippen LogP contribution >= 0.6 is 0 Å². The fraction of sp³-hybridized carbons (Fsp3) is 0.318. The molecule has 29 heavy (non-hydrogen) atoms. The Morgan fingerprint density at radius 1 is 1.21 bits per heavy atom. The first-order valence-corrected chi connectivity index (χ1v) is 9.61. The molecule has 0 spiro atoms. The van der Waals surface area contributed by atoms with Gasteiger partial charge >= 0.3 is 0 Å². The lowest BCUT2D eigenvalue weighted by Crippen LogP contribution is -2.21. The first-order chi connectivity index (χ1) is 14.2. The van der Waals surface area contributed by atoms with Gasteiger partial charge in [-0.15, -0.1) is 0 Å². The zero-order chi connectivity index (χ0) is 20.2. The number of H-pyrrole nitrogens is 1. The van der Waals surface area contributed by atoms with E-state index in [4.69, 9.17) is 14.5 Å². The molecule has 3 heterocycles. The molecule has 1 N–H and O–H groups in total. The van der Waals surface area contributed by atoms with E-state index >= 15 is 0 Å². The number of methoxy groups -OCH3 is 2. The van der Waals surface area contributed by atoms with E-state index in [0.29, 0.717) is 5.69 Å². The summed E-state index contributed by atoms with van der Waals surface area (Å²) < 4.78 is 10.8. The number of aromatic amines is 1. The van der Waals surface area contributed by atoms with Crippen molar-refractivity contribution in [1.29, 1.82) is 0 Å². The van der Waals surface area contributed by atoms with Crippen LogP contribution in [0.5, 0.6) is 11.5 Å². The van der Waals surface area contributed by atoms with Gasteiger partial charge in [0.05, 0.1) is 19.9 Å². The summed E-state index contributed by atoms with van der Waals surface area (Å²) in [6, 6.07) is 11.1. The Balaban J connectivity index is 1.52. The number of nitrogens with zero attached hydrogens (tertiary/aromatic N) is 3. The van der Waals surface area contributed by atoms with Gasteiger partial charge in [-0.2, -0.15) is 0 Å². The lowest BCUT2D eigenvalue weighted by atomic mass is 10.1. The molecule has 0 amide bonds. The zero-order valence-corrected chi connectivity index (χ0v) is 16.6. The molecule has 0 radical (unpaired) electrons. The van der Waals surface area contributed by atoms with E-state index in [1.165, 1.54) is 6.07 Å². The minimum atomic E-state index is -0.137. The third-order valence-corrected chi connectivity index (χ3v) is 5.26. The summed E-state index contributed by atoms with van der Waals surface area (Å²) in [5.74, 6) is 2.57. The van der Waals surface area contributed by atoms with E-state index in [9.17, 15) is 4.79 Å². The Labute approximate surface area is 169 Å². The van der Waals surface area contributed by atoms with Crippen molar-refractivity contribution in [2.75, 3.05) is 27.3 Å². The van der Waals surface area contributed by atoms with Crippen molar-refractivity contribution in [2.45, 2.75) is 18.9 Å². The predicted octanol–water partition coefficient (Wildman–Crippen LogP) is 2.84. The number of benzene rings is 1. The Hall–Kier alpha value is -3.19. The molecule has 4 rings (SSSR count). The van der Waals surface area contributed by atoms with E-state index in [1.54, 1.807) is 26.6 Å². The monoisotopic (exact) mass is 392 g/mol. The first kappa shape index (κ1) is 19.1. The maximum Gasteiger partial charge on any atom is 0.251 e. The summed E-state index contributed by atoms with van der Waals surface area (Å²) in [4.78, 5) is 26.3. The number of aromatic nitrogens is 3. The van der Waals surface area contributed by atoms with Gasteiger partial charge in [0.1, 0.15) is 17.3 Å². The topological polar surface area (TPSA) is 80.3 Å². The molecule has 1 aliphatic heterocycles. The van der Waals surface area contributed by atoms with Crippen molar-refractivity contribution in [3.05, 3.63) is 70.5 Å². The highest BCUT2D eigenvalue weighted by atomic mass is 16.5. The summed E-state index contributed by atoms with van der Waals surface area (Å²) >= 11 is 0. The summed E-state index contributed by atoms with van der Waals surface area (Å²) in [6.45, 7) is 2.50. The highest BCUT2D eigenvalue weighted by Gasteiger charge is 2.27. The molecule has 2 aromatic heterocycles. The van der Waals surface area contributed by atoms with E-state index in [-0.39, 0.29) is 11.5 Å². The number of pyridine rings is 1. The van der Waals surface area contributed by atoms with Gasteiger partial charge in [-0.05, 0) is 43.3 Å². The Morgan fingerprint density at radius 3 is 2.86 bits per heavy atom. The molecule has 0 aliphatic carbocycles. The maximum absolute atomic E-state index is 12.2. The molecule has 7 nitrogen and oxygen atoms in total. The number of ether oxygens (including phenoxy) is 2. The lowest BCUT2D eigenvalue weighted by Gasteiger charge is -2.18. The Morgan fingerprint density at radius 2 is 2.10 bits per heavy atom. The molecule has 0 unspecified atom stereocenters. The van der Waals surface area contributed by atoms with Crippen LogP contribution in [0.3, 0.4) is 0 Å². The molecule has 0 saturated carbocycles. The maximum atomic E-state index is 12.2. The van der Waals surface area contributed by atoms with E-state index in [2.05, 4.69) is 14.9 Å². The van der Waals surface area contributed by atoms with Crippen molar-refractivity contribution in [3.63, 3.8) is 0 Å². The molecule has 1 aliphatic rings. The van der Waals surface area contributed by atoms with Gasteiger partial charge in [-0.3, -0.25) is 14.7 Å². The normalized spacial score (nSPS) is 16.7. The van der Waals surface area contributed by atoms with Crippen molar-refractivity contribution >= 4 is 0 Å². The van der Waals surface area contributed by atoms with E-state index in [0.717, 1.165) is 54.5 Å². The third kappa shape index (κ3) is 4.30. The van der Waals surface area contributed by atoms with Crippen molar-refractivity contribution in [1.82, 2.24) is 19.9 Å². The van der Waals surface area contributed by atoms with Crippen molar-refractivity contribution in [3.8, 4) is 22.8 Å². The molecule has 150 valence electrons. The number of hydrogen-bond acceptors (Lipinski definition) is 6. The van der Waals surface area contributed by atoms with Crippen LogP contribution in [0.4, 0.5) is 0 Å². The predicted molar refractivity (Wildman–Crippen MR) is 110 cm³/mol. The van der Waals surface area contributed by atoms with Gasteiger partial charge in [0, 0.05) is 48.6 Å². The molecule has 1 fully saturated rings. The van der Waals surface area contributed by atoms with Gasteiger partial charge in [-0.1, -0.05) is 0 Å². The van der Waals surface area contributed by atoms with Crippen LogP contribution in [-0.2, 0) is 6.54 Å². The number of likely N-dealkylation sites (tertiary alicyclic amines) is 1. The van der Waals surface area contributed by atoms with Gasteiger partial charge < -0.3 is 14.5 Å². The summed E-state index contributed by atoms with van der Waals surface area (Å²) in [5.41, 5.74) is 2.44. The molecule has 1 atom stereocenters. The van der Waals surface area contributed by atoms with Gasteiger partial charge in [0.25, 0.3) is 5.56 Å². The van der Waals surface area contributed by atoms with Crippen molar-refractivity contribution in [2.24, 2.45) is 0 Å². The smallest absolute Gasteiger partial charge is 0.251 e. The molecular formula is C22H24N4O3. The van der Waals surface area contributed by atoms with Gasteiger partial charge in [-0.25, -0.2) is 4.98 Å². The van der Waals surface area contributed by atoms with Gasteiger partial charge in [0.2, 0.25) is 0 Å². The fourth-order valence-electron chi connectivity index (χ4n) is 3.78. The molecule has 3 aromatic rings. The minimum Gasteiger partial charge on any atom is -0.497 e. The third-order valence-electron chi connectivity index (χ3n) is 5.26. The summed E-state index contributed by atoms with van der Waals surface area (Å²) in [5, 5.41) is 0. The number of hydrogen-bond donors (Lipinski definition) is 1. The van der Waals surface area contributed by atoms with Crippen LogP contribution in [0.1, 0.15) is 23.7 Å². The Kier molecular flexibility index (Phi) is 5.57. The van der Waals surface area contributed by atoms with E-state index < -0.39 is 0 Å². The lowest BCUT2D eigenvalue weighted by molar-refractivity contribution is 0.314. The minimum absolute atomic E-state index is 0.137. The summed E-state index contributed by atoms with van der Waals surface area (Å²) in [7, 11) is 3.34. The van der Waals surface area contributed by atoms with Crippen LogP contribution in [0.15, 0.2) is 53.6 Å². The van der Waals surface area contributed by atoms with E-state index in [1.807, 2.05) is 30.3 Å². The number of rotatable bonds is 6. The second kappa shape index (κ2) is 8.45. The average Bonchev–Trinajstić information content (AvgIpc) is 3.22. The summed E-state index contributed by atoms with van der Waals surface area (Å²) in [6.07, 6.45) is 4.37. The van der Waals surface area contributed by atoms with Crippen LogP contribution in [0, 0.1) is 0 Å². The Bertz CT molecular complexity index is 1040. The number of nitrogens with one attached hydrogen (secondary N) is 1. The first-order valence-electron chi connectivity index (χ1n) is 9.61.